The molecule has 0 saturated heterocycles. The maximum absolute atomic E-state index is 11.1. The number of halogens is 1. The van der Waals surface area contributed by atoms with E-state index in [1.54, 1.807) is 0 Å². The first kappa shape index (κ1) is 13.3. The Kier molecular flexibility index (Phi) is 3.95. The Balaban J connectivity index is 3.73. The minimum Gasteiger partial charge on any atom is -0.493 e. The molecule has 1 aromatic rings. The number of ether oxygens (including phenoxy) is 2. The number of carboxylic acid groups (broad SMARTS) is 2. The average Bonchev–Trinajstić information content (AvgIpc) is 2.26. The van der Waals surface area contributed by atoms with E-state index in [2.05, 4.69) is 15.9 Å². The Morgan fingerprint density at radius 3 is 2.00 bits per heavy atom. The fraction of sp³-hybridized carbons (Fsp3) is 0.200. The first-order valence-electron chi connectivity index (χ1n) is 4.35. The van der Waals surface area contributed by atoms with Crippen molar-refractivity contribution in [2.75, 3.05) is 14.2 Å². The Labute approximate surface area is 105 Å². The summed E-state index contributed by atoms with van der Waals surface area (Å²) < 4.78 is 9.93. The van der Waals surface area contributed by atoms with Gasteiger partial charge in [-0.1, -0.05) is 0 Å². The van der Waals surface area contributed by atoms with Gasteiger partial charge in [0, 0.05) is 4.47 Å². The van der Waals surface area contributed by atoms with E-state index in [1.165, 1.54) is 20.3 Å². The van der Waals surface area contributed by atoms with Gasteiger partial charge in [-0.3, -0.25) is 0 Å². The lowest BCUT2D eigenvalue weighted by molar-refractivity contribution is 0.0647. The van der Waals surface area contributed by atoms with Crippen LogP contribution in [0.2, 0.25) is 0 Å². The number of rotatable bonds is 4. The summed E-state index contributed by atoms with van der Waals surface area (Å²) in [6.07, 6.45) is 0. The summed E-state index contributed by atoms with van der Waals surface area (Å²) in [5.41, 5.74) is -0.832. The van der Waals surface area contributed by atoms with Crippen molar-refractivity contribution >= 4 is 27.9 Å². The van der Waals surface area contributed by atoms with Crippen molar-refractivity contribution in [3.8, 4) is 11.5 Å². The Morgan fingerprint density at radius 1 is 1.12 bits per heavy atom. The lowest BCUT2D eigenvalue weighted by Gasteiger charge is -2.13. The Morgan fingerprint density at radius 2 is 1.65 bits per heavy atom. The van der Waals surface area contributed by atoms with Gasteiger partial charge in [0.25, 0.3) is 0 Å². The summed E-state index contributed by atoms with van der Waals surface area (Å²) in [7, 11) is 2.57. The molecule has 6 nitrogen and oxygen atoms in total. The molecule has 0 bridgehead atoms. The smallest absolute Gasteiger partial charge is 0.340 e. The summed E-state index contributed by atoms with van der Waals surface area (Å²) in [5, 5.41) is 18.0. The largest absolute Gasteiger partial charge is 0.493 e. The SMILES string of the molecule is COc1cc(Br)c(C(=O)O)c(C(=O)O)c1OC. The van der Waals surface area contributed by atoms with Crippen LogP contribution in [0, 0.1) is 0 Å². The molecular weight excluding hydrogens is 296 g/mol. The number of benzene rings is 1. The highest BCUT2D eigenvalue weighted by molar-refractivity contribution is 9.10. The summed E-state index contributed by atoms with van der Waals surface area (Å²) in [6, 6.07) is 1.34. The zero-order valence-electron chi connectivity index (χ0n) is 8.98. The van der Waals surface area contributed by atoms with Gasteiger partial charge in [0.05, 0.1) is 19.8 Å². The molecule has 1 aromatic carbocycles. The van der Waals surface area contributed by atoms with E-state index in [9.17, 15) is 9.59 Å². The van der Waals surface area contributed by atoms with E-state index in [0.29, 0.717) is 0 Å². The van der Waals surface area contributed by atoms with Crippen molar-refractivity contribution in [1.29, 1.82) is 0 Å². The Bertz CT molecular complexity index is 482. The summed E-state index contributed by atoms with van der Waals surface area (Å²) in [6.45, 7) is 0. The number of carbonyl (C=O) groups is 2. The van der Waals surface area contributed by atoms with Gasteiger partial charge in [0.15, 0.2) is 11.5 Å². The lowest BCUT2D eigenvalue weighted by atomic mass is 10.1. The highest BCUT2D eigenvalue weighted by Gasteiger charge is 2.27. The van der Waals surface area contributed by atoms with Gasteiger partial charge in [-0.25, -0.2) is 9.59 Å². The first-order valence-corrected chi connectivity index (χ1v) is 5.14. The predicted octanol–water partition coefficient (Wildman–Crippen LogP) is 1.86. The molecule has 0 aliphatic carbocycles. The van der Waals surface area contributed by atoms with Gasteiger partial charge < -0.3 is 19.7 Å². The van der Waals surface area contributed by atoms with Gasteiger partial charge in [-0.2, -0.15) is 0 Å². The minimum absolute atomic E-state index is 0.111. The van der Waals surface area contributed by atoms with Crippen LogP contribution in [0.15, 0.2) is 10.5 Å². The Hall–Kier alpha value is -1.76. The molecule has 0 radical (unpaired) electrons. The summed E-state index contributed by atoms with van der Waals surface area (Å²) >= 11 is 2.99. The second-order valence-corrected chi connectivity index (χ2v) is 3.81. The number of hydrogen-bond donors (Lipinski definition) is 2. The highest BCUT2D eigenvalue weighted by Crippen LogP contribution is 2.38. The van der Waals surface area contributed by atoms with E-state index >= 15 is 0 Å². The molecule has 92 valence electrons. The standard InChI is InChI=1S/C10H9BrO6/c1-16-5-3-4(11)6(9(12)13)7(10(14)15)8(5)17-2/h3H,1-2H3,(H,12,13)(H,14,15). The predicted molar refractivity (Wildman–Crippen MR) is 61.2 cm³/mol. The summed E-state index contributed by atoms with van der Waals surface area (Å²) in [4.78, 5) is 22.1. The van der Waals surface area contributed by atoms with Gasteiger partial charge >= 0.3 is 11.9 Å². The van der Waals surface area contributed by atoms with E-state index in [1.807, 2.05) is 0 Å². The fourth-order valence-electron chi connectivity index (χ4n) is 1.38. The summed E-state index contributed by atoms with van der Waals surface area (Å²) in [5.74, 6) is -2.75. The first-order chi connectivity index (χ1) is 7.93. The van der Waals surface area contributed by atoms with Crippen LogP contribution in [0.4, 0.5) is 0 Å². The van der Waals surface area contributed by atoms with Crippen molar-refractivity contribution in [2.45, 2.75) is 0 Å². The van der Waals surface area contributed by atoms with Gasteiger partial charge in [0.1, 0.15) is 5.56 Å². The van der Waals surface area contributed by atoms with Crippen molar-refractivity contribution in [1.82, 2.24) is 0 Å². The van der Waals surface area contributed by atoms with Crippen molar-refractivity contribution in [2.24, 2.45) is 0 Å². The molecule has 0 heterocycles. The maximum atomic E-state index is 11.1. The lowest BCUT2D eigenvalue weighted by Crippen LogP contribution is -2.12. The molecule has 0 aliphatic heterocycles. The molecule has 17 heavy (non-hydrogen) atoms. The number of methoxy groups -OCH3 is 2. The van der Waals surface area contributed by atoms with Crippen LogP contribution in [-0.2, 0) is 0 Å². The molecule has 1 rings (SSSR count). The molecule has 0 saturated carbocycles. The molecular formula is C10H9BrO6. The van der Waals surface area contributed by atoms with Crippen LogP contribution >= 0.6 is 15.9 Å². The second-order valence-electron chi connectivity index (χ2n) is 2.95. The monoisotopic (exact) mass is 304 g/mol. The molecule has 0 aliphatic rings. The molecule has 2 N–H and O–H groups in total. The normalized spacial score (nSPS) is 9.82. The molecule has 0 unspecified atom stereocenters. The third-order valence-corrected chi connectivity index (χ3v) is 2.67. The number of carboxylic acids is 2. The van der Waals surface area contributed by atoms with Crippen LogP contribution in [-0.4, -0.2) is 36.4 Å². The van der Waals surface area contributed by atoms with E-state index in [0.717, 1.165) is 0 Å². The molecule has 7 heteroatoms. The molecule has 0 atom stereocenters. The zero-order valence-corrected chi connectivity index (χ0v) is 10.6. The van der Waals surface area contributed by atoms with E-state index < -0.39 is 17.5 Å². The quantitative estimate of drug-likeness (QED) is 0.882. The fourth-order valence-corrected chi connectivity index (χ4v) is 1.95. The molecule has 0 fully saturated rings. The van der Waals surface area contributed by atoms with E-state index in [-0.39, 0.29) is 21.5 Å². The van der Waals surface area contributed by atoms with Gasteiger partial charge in [-0.05, 0) is 22.0 Å². The van der Waals surface area contributed by atoms with Crippen molar-refractivity contribution in [3.05, 3.63) is 21.7 Å². The van der Waals surface area contributed by atoms with Crippen LogP contribution in [0.3, 0.4) is 0 Å². The third kappa shape index (κ3) is 2.33. The van der Waals surface area contributed by atoms with Gasteiger partial charge in [-0.15, -0.1) is 0 Å². The third-order valence-electron chi connectivity index (χ3n) is 2.05. The minimum atomic E-state index is -1.40. The van der Waals surface area contributed by atoms with Crippen molar-refractivity contribution in [3.63, 3.8) is 0 Å². The van der Waals surface area contributed by atoms with Crippen LogP contribution in [0.25, 0.3) is 0 Å². The van der Waals surface area contributed by atoms with E-state index in [4.69, 9.17) is 19.7 Å². The molecule has 0 spiro atoms. The van der Waals surface area contributed by atoms with Gasteiger partial charge in [0.2, 0.25) is 0 Å². The van der Waals surface area contributed by atoms with Crippen LogP contribution in [0.1, 0.15) is 20.7 Å². The van der Waals surface area contributed by atoms with Crippen LogP contribution < -0.4 is 9.47 Å². The maximum Gasteiger partial charge on any atom is 0.340 e. The molecule has 0 amide bonds. The number of hydrogen-bond acceptors (Lipinski definition) is 4. The average molecular weight is 305 g/mol. The zero-order chi connectivity index (χ0) is 13.2. The second kappa shape index (κ2) is 5.05. The number of aromatic carboxylic acids is 2. The van der Waals surface area contributed by atoms with Crippen LogP contribution in [0.5, 0.6) is 11.5 Å². The molecule has 0 aromatic heterocycles. The topological polar surface area (TPSA) is 93.1 Å². The van der Waals surface area contributed by atoms with Crippen molar-refractivity contribution < 1.29 is 29.3 Å². The highest BCUT2D eigenvalue weighted by atomic mass is 79.9.